The van der Waals surface area contributed by atoms with Gasteiger partial charge in [0.15, 0.2) is 0 Å². The number of benzene rings is 2. The summed E-state index contributed by atoms with van der Waals surface area (Å²) in [5, 5.41) is 13.5. The molecule has 0 heterocycles. The Bertz CT molecular complexity index is 639. The zero-order valence-electron chi connectivity index (χ0n) is 11.0. The number of nitro groups is 1. The van der Waals surface area contributed by atoms with Gasteiger partial charge in [-0.05, 0) is 24.1 Å². The number of nitrogens with zero attached hydrogens (tertiary/aromatic N) is 1. The van der Waals surface area contributed by atoms with E-state index in [9.17, 15) is 14.9 Å². The number of anilines is 1. The minimum Gasteiger partial charge on any atom is -0.320 e. The number of carbonyl (C=O) groups excluding carboxylic acids is 1. The van der Waals surface area contributed by atoms with Gasteiger partial charge in [-0.15, -0.1) is 0 Å². The molecule has 0 aliphatic heterocycles. The summed E-state index contributed by atoms with van der Waals surface area (Å²) in [5.41, 5.74) is 1.85. The summed E-state index contributed by atoms with van der Waals surface area (Å²) >= 11 is 0. The normalized spacial score (nSPS) is 10.1. The topological polar surface area (TPSA) is 72.2 Å². The van der Waals surface area contributed by atoms with Gasteiger partial charge in [0.2, 0.25) is 5.91 Å². The number of hydrogen-bond acceptors (Lipinski definition) is 3. The van der Waals surface area contributed by atoms with Crippen LogP contribution in [0.1, 0.15) is 11.1 Å². The second kappa shape index (κ2) is 5.97. The molecule has 5 heteroatoms. The van der Waals surface area contributed by atoms with Gasteiger partial charge in [0, 0.05) is 6.07 Å². The fraction of sp³-hybridized carbons (Fsp3) is 0.133. The van der Waals surface area contributed by atoms with Crippen LogP contribution in [0.25, 0.3) is 0 Å². The van der Waals surface area contributed by atoms with Crippen molar-refractivity contribution < 1.29 is 9.72 Å². The number of amides is 1. The maximum Gasteiger partial charge on any atom is 0.292 e. The number of nitrogens with one attached hydrogen (secondary N) is 1. The zero-order valence-corrected chi connectivity index (χ0v) is 11.0. The van der Waals surface area contributed by atoms with Crippen LogP contribution in [0.15, 0.2) is 48.5 Å². The molecule has 1 N–H and O–H groups in total. The molecule has 20 heavy (non-hydrogen) atoms. The van der Waals surface area contributed by atoms with E-state index < -0.39 is 4.92 Å². The van der Waals surface area contributed by atoms with Crippen LogP contribution < -0.4 is 5.32 Å². The van der Waals surface area contributed by atoms with Gasteiger partial charge in [0.1, 0.15) is 5.69 Å². The fourth-order valence-electron chi connectivity index (χ4n) is 1.88. The van der Waals surface area contributed by atoms with Crippen LogP contribution in [-0.2, 0) is 11.2 Å². The van der Waals surface area contributed by atoms with E-state index in [4.69, 9.17) is 0 Å². The van der Waals surface area contributed by atoms with Crippen molar-refractivity contribution >= 4 is 17.3 Å². The van der Waals surface area contributed by atoms with Crippen LogP contribution >= 0.6 is 0 Å². The van der Waals surface area contributed by atoms with E-state index in [0.717, 1.165) is 11.1 Å². The highest BCUT2D eigenvalue weighted by Crippen LogP contribution is 2.25. The lowest BCUT2D eigenvalue weighted by atomic mass is 10.1. The van der Waals surface area contributed by atoms with E-state index in [1.165, 1.54) is 6.07 Å². The van der Waals surface area contributed by atoms with Crippen LogP contribution in [0.3, 0.4) is 0 Å². The third kappa shape index (κ3) is 3.41. The van der Waals surface area contributed by atoms with Crippen molar-refractivity contribution in [3.8, 4) is 0 Å². The lowest BCUT2D eigenvalue weighted by Crippen LogP contribution is -2.15. The number of aryl methyl sites for hydroxylation is 1. The molecule has 0 saturated carbocycles. The average molecular weight is 270 g/mol. The molecule has 2 aromatic rings. The quantitative estimate of drug-likeness (QED) is 0.685. The van der Waals surface area contributed by atoms with Crippen LogP contribution in [0, 0.1) is 17.0 Å². The molecule has 2 aromatic carbocycles. The summed E-state index contributed by atoms with van der Waals surface area (Å²) in [6.07, 6.45) is 0.186. The van der Waals surface area contributed by atoms with Crippen molar-refractivity contribution in [2.45, 2.75) is 13.3 Å². The maximum absolute atomic E-state index is 11.9. The van der Waals surface area contributed by atoms with Crippen molar-refractivity contribution in [3.63, 3.8) is 0 Å². The number of hydrogen-bond donors (Lipinski definition) is 1. The smallest absolute Gasteiger partial charge is 0.292 e. The SMILES string of the molecule is Cc1ccc([N+](=O)[O-])c(NC(=O)Cc2ccccc2)c1. The Morgan fingerprint density at radius 2 is 1.90 bits per heavy atom. The van der Waals surface area contributed by atoms with Gasteiger partial charge >= 0.3 is 0 Å². The summed E-state index contributed by atoms with van der Waals surface area (Å²) in [6.45, 7) is 1.82. The van der Waals surface area contributed by atoms with Gasteiger partial charge in [-0.1, -0.05) is 36.4 Å². The van der Waals surface area contributed by atoms with Crippen molar-refractivity contribution in [2.24, 2.45) is 0 Å². The van der Waals surface area contributed by atoms with Crippen LogP contribution in [0.2, 0.25) is 0 Å². The van der Waals surface area contributed by atoms with Crippen molar-refractivity contribution in [1.82, 2.24) is 0 Å². The fourth-order valence-corrected chi connectivity index (χ4v) is 1.88. The van der Waals surface area contributed by atoms with Crippen molar-refractivity contribution in [3.05, 3.63) is 69.8 Å². The third-order valence-electron chi connectivity index (χ3n) is 2.83. The van der Waals surface area contributed by atoms with Crippen LogP contribution in [0.4, 0.5) is 11.4 Å². The Kier molecular flexibility index (Phi) is 4.10. The Morgan fingerprint density at radius 3 is 2.55 bits per heavy atom. The molecule has 102 valence electrons. The van der Waals surface area contributed by atoms with E-state index >= 15 is 0 Å². The first-order chi connectivity index (χ1) is 9.56. The lowest BCUT2D eigenvalue weighted by molar-refractivity contribution is -0.383. The molecular weight excluding hydrogens is 256 g/mol. The molecule has 0 aliphatic rings. The second-order valence-electron chi connectivity index (χ2n) is 4.49. The molecule has 0 aliphatic carbocycles. The summed E-state index contributed by atoms with van der Waals surface area (Å²) < 4.78 is 0. The highest BCUT2D eigenvalue weighted by molar-refractivity contribution is 5.94. The van der Waals surface area contributed by atoms with Gasteiger partial charge < -0.3 is 5.32 Å². The second-order valence-corrected chi connectivity index (χ2v) is 4.49. The van der Waals surface area contributed by atoms with E-state index in [-0.39, 0.29) is 23.7 Å². The molecule has 0 aromatic heterocycles. The molecular formula is C15H14N2O3. The van der Waals surface area contributed by atoms with Gasteiger partial charge in [0.05, 0.1) is 11.3 Å². The third-order valence-corrected chi connectivity index (χ3v) is 2.83. The first kappa shape index (κ1) is 13.7. The Hall–Kier alpha value is -2.69. The Labute approximate surface area is 116 Å². The van der Waals surface area contributed by atoms with Crippen molar-refractivity contribution in [1.29, 1.82) is 0 Å². The summed E-state index contributed by atoms with van der Waals surface area (Å²) in [4.78, 5) is 22.4. The summed E-state index contributed by atoms with van der Waals surface area (Å²) in [6, 6.07) is 13.9. The zero-order chi connectivity index (χ0) is 14.5. The Morgan fingerprint density at radius 1 is 1.20 bits per heavy atom. The van der Waals surface area contributed by atoms with E-state index in [0.29, 0.717) is 0 Å². The molecule has 0 saturated heterocycles. The number of carbonyl (C=O) groups is 1. The van der Waals surface area contributed by atoms with E-state index in [1.54, 1.807) is 12.1 Å². The van der Waals surface area contributed by atoms with Crippen molar-refractivity contribution in [2.75, 3.05) is 5.32 Å². The maximum atomic E-state index is 11.9. The molecule has 0 bridgehead atoms. The minimum absolute atomic E-state index is 0.1000. The number of nitro benzene ring substituents is 1. The highest BCUT2D eigenvalue weighted by atomic mass is 16.6. The van der Waals surface area contributed by atoms with Gasteiger partial charge in [-0.3, -0.25) is 14.9 Å². The van der Waals surface area contributed by atoms with E-state index in [2.05, 4.69) is 5.32 Å². The summed E-state index contributed by atoms with van der Waals surface area (Å²) in [7, 11) is 0. The standard InChI is InChI=1S/C15H14N2O3/c1-11-7-8-14(17(19)20)13(9-11)16-15(18)10-12-5-3-2-4-6-12/h2-9H,10H2,1H3,(H,16,18). The lowest BCUT2D eigenvalue weighted by Gasteiger charge is -2.07. The molecule has 2 rings (SSSR count). The largest absolute Gasteiger partial charge is 0.320 e. The first-order valence-corrected chi connectivity index (χ1v) is 6.15. The van der Waals surface area contributed by atoms with Gasteiger partial charge in [-0.2, -0.15) is 0 Å². The highest BCUT2D eigenvalue weighted by Gasteiger charge is 2.15. The minimum atomic E-state index is -0.502. The van der Waals surface area contributed by atoms with Crippen LogP contribution in [0.5, 0.6) is 0 Å². The van der Waals surface area contributed by atoms with E-state index in [1.807, 2.05) is 37.3 Å². The van der Waals surface area contributed by atoms with Gasteiger partial charge in [0.25, 0.3) is 5.69 Å². The average Bonchev–Trinajstić information content (AvgIpc) is 2.39. The number of rotatable bonds is 4. The van der Waals surface area contributed by atoms with Crippen LogP contribution in [-0.4, -0.2) is 10.8 Å². The molecule has 0 atom stereocenters. The summed E-state index contributed by atoms with van der Waals surface area (Å²) in [5.74, 6) is -0.273. The molecule has 0 fully saturated rings. The first-order valence-electron chi connectivity index (χ1n) is 6.15. The Balaban J connectivity index is 2.15. The molecule has 1 amide bonds. The predicted molar refractivity (Wildman–Crippen MR) is 76.6 cm³/mol. The molecule has 0 spiro atoms. The predicted octanol–water partition coefficient (Wildman–Crippen LogP) is 3.08. The molecule has 0 radical (unpaired) electrons. The van der Waals surface area contributed by atoms with Gasteiger partial charge in [-0.25, -0.2) is 0 Å². The monoisotopic (exact) mass is 270 g/mol. The molecule has 0 unspecified atom stereocenters. The molecule has 5 nitrogen and oxygen atoms in total.